The van der Waals surface area contributed by atoms with E-state index < -0.39 is 27.0 Å². The van der Waals surface area contributed by atoms with Gasteiger partial charge in [-0.2, -0.15) is 0 Å². The van der Waals surface area contributed by atoms with Gasteiger partial charge in [-0.25, -0.2) is 12.7 Å². The number of carbonyl (C=O) groups excluding carboxylic acids is 1. The first-order chi connectivity index (χ1) is 12.6. The summed E-state index contributed by atoms with van der Waals surface area (Å²) in [5.41, 5.74) is 0.223. The zero-order chi connectivity index (χ0) is 20.2. The van der Waals surface area contributed by atoms with E-state index in [4.69, 9.17) is 4.74 Å². The van der Waals surface area contributed by atoms with Gasteiger partial charge >= 0.3 is 0 Å². The lowest BCUT2D eigenvalue weighted by molar-refractivity contribution is -0.384. The minimum Gasteiger partial charge on any atom is -0.481 e. The summed E-state index contributed by atoms with van der Waals surface area (Å²) in [6.45, 7) is 1.51. The summed E-state index contributed by atoms with van der Waals surface area (Å²) in [4.78, 5) is 22.4. The third-order valence-electron chi connectivity index (χ3n) is 3.61. The number of ether oxygens (including phenoxy) is 1. The van der Waals surface area contributed by atoms with Crippen LogP contribution in [0.25, 0.3) is 0 Å². The highest BCUT2D eigenvalue weighted by atomic mass is 32.2. The number of nitrogens with one attached hydrogen (secondary N) is 1. The number of nitro groups is 1. The zero-order valence-corrected chi connectivity index (χ0v) is 15.8. The number of amides is 1. The normalized spacial score (nSPS) is 12.4. The van der Waals surface area contributed by atoms with Crippen LogP contribution in [0.1, 0.15) is 6.92 Å². The van der Waals surface area contributed by atoms with Gasteiger partial charge in [0.15, 0.2) is 6.10 Å². The molecule has 0 fully saturated rings. The minimum absolute atomic E-state index is 0.0502. The van der Waals surface area contributed by atoms with Gasteiger partial charge in [-0.1, -0.05) is 6.07 Å². The number of carbonyl (C=O) groups is 1. The van der Waals surface area contributed by atoms with E-state index in [1.54, 1.807) is 6.07 Å². The summed E-state index contributed by atoms with van der Waals surface area (Å²) < 4.78 is 30.9. The topological polar surface area (TPSA) is 119 Å². The van der Waals surface area contributed by atoms with Crippen LogP contribution in [-0.4, -0.2) is 43.8 Å². The molecule has 2 rings (SSSR count). The van der Waals surface area contributed by atoms with E-state index in [1.807, 2.05) is 0 Å². The largest absolute Gasteiger partial charge is 0.481 e. The Balaban J connectivity index is 2.07. The van der Waals surface area contributed by atoms with Crippen LogP contribution < -0.4 is 10.1 Å². The molecule has 0 aliphatic rings. The Morgan fingerprint density at radius 3 is 2.37 bits per heavy atom. The van der Waals surface area contributed by atoms with E-state index in [9.17, 15) is 23.3 Å². The van der Waals surface area contributed by atoms with Crippen LogP contribution in [0.5, 0.6) is 5.75 Å². The molecule has 0 bridgehead atoms. The van der Waals surface area contributed by atoms with Crippen LogP contribution in [0.3, 0.4) is 0 Å². The average Bonchev–Trinajstić information content (AvgIpc) is 2.62. The van der Waals surface area contributed by atoms with E-state index in [1.165, 1.54) is 63.5 Å². The smallest absolute Gasteiger partial charge is 0.269 e. The van der Waals surface area contributed by atoms with E-state index in [0.29, 0.717) is 11.4 Å². The number of hydrogen-bond acceptors (Lipinski definition) is 6. The van der Waals surface area contributed by atoms with Gasteiger partial charge in [-0.3, -0.25) is 14.9 Å². The molecule has 2 aromatic rings. The third kappa shape index (κ3) is 5.02. The van der Waals surface area contributed by atoms with Crippen molar-refractivity contribution in [3.8, 4) is 5.75 Å². The predicted molar refractivity (Wildman–Crippen MR) is 99.1 cm³/mol. The van der Waals surface area contributed by atoms with Crippen LogP contribution in [0.2, 0.25) is 0 Å². The molecule has 0 saturated carbocycles. The summed E-state index contributed by atoms with van der Waals surface area (Å²) in [6.07, 6.45) is -0.902. The molecule has 1 atom stereocenters. The SMILES string of the molecule is C[C@H](Oc1ccc([N+](=O)[O-])cc1)C(=O)Nc1cccc(S(=O)(=O)N(C)C)c1. The maximum absolute atomic E-state index is 12.3. The molecule has 0 radical (unpaired) electrons. The molecular weight excluding hydrogens is 374 g/mol. The molecule has 1 amide bonds. The number of sulfonamides is 1. The van der Waals surface area contributed by atoms with Crippen molar-refractivity contribution in [1.29, 1.82) is 0 Å². The highest BCUT2D eigenvalue weighted by Gasteiger charge is 2.19. The van der Waals surface area contributed by atoms with E-state index in [2.05, 4.69) is 5.32 Å². The van der Waals surface area contributed by atoms with Crippen LogP contribution in [0, 0.1) is 10.1 Å². The standard InChI is InChI=1S/C17H19N3O6S/c1-12(26-15-9-7-14(8-10-15)20(22)23)17(21)18-13-5-4-6-16(11-13)27(24,25)19(2)3/h4-12H,1-3H3,(H,18,21)/t12-/m0/s1. The summed E-state index contributed by atoms with van der Waals surface area (Å²) in [6, 6.07) is 11.2. The van der Waals surface area contributed by atoms with Crippen LogP contribution in [-0.2, 0) is 14.8 Å². The lowest BCUT2D eigenvalue weighted by Gasteiger charge is -2.16. The minimum atomic E-state index is -3.62. The van der Waals surface area contributed by atoms with Gasteiger partial charge in [-0.05, 0) is 37.3 Å². The molecule has 2 aromatic carbocycles. The molecule has 0 unspecified atom stereocenters. The van der Waals surface area contributed by atoms with E-state index in [0.717, 1.165) is 4.31 Å². The van der Waals surface area contributed by atoms with E-state index in [-0.39, 0.29) is 10.6 Å². The number of rotatable bonds is 7. The number of nitro benzene ring substituents is 1. The number of nitrogens with zero attached hydrogens (tertiary/aromatic N) is 2. The first-order valence-electron chi connectivity index (χ1n) is 7.86. The summed E-state index contributed by atoms with van der Waals surface area (Å²) >= 11 is 0. The molecule has 0 spiro atoms. The molecule has 0 aliphatic carbocycles. The fourth-order valence-electron chi connectivity index (χ4n) is 2.09. The lowest BCUT2D eigenvalue weighted by Crippen LogP contribution is -2.30. The maximum atomic E-state index is 12.3. The van der Waals surface area contributed by atoms with Crippen molar-refractivity contribution >= 4 is 27.3 Å². The second kappa shape index (κ2) is 8.14. The van der Waals surface area contributed by atoms with Crippen LogP contribution >= 0.6 is 0 Å². The molecule has 1 N–H and O–H groups in total. The van der Waals surface area contributed by atoms with Crippen molar-refractivity contribution in [2.24, 2.45) is 0 Å². The molecule has 0 heterocycles. The van der Waals surface area contributed by atoms with Crippen LogP contribution in [0.15, 0.2) is 53.4 Å². The summed E-state index contributed by atoms with van der Waals surface area (Å²) in [5.74, 6) is -0.194. The molecule has 0 aromatic heterocycles. The van der Waals surface area contributed by atoms with Crippen molar-refractivity contribution in [1.82, 2.24) is 4.31 Å². The first kappa shape index (κ1) is 20.3. The fourth-order valence-corrected chi connectivity index (χ4v) is 3.04. The Hall–Kier alpha value is -2.98. The molecule has 10 heteroatoms. The van der Waals surface area contributed by atoms with Gasteiger partial charge < -0.3 is 10.1 Å². The Morgan fingerprint density at radius 2 is 1.81 bits per heavy atom. The quantitative estimate of drug-likeness (QED) is 0.569. The molecule has 0 aliphatic heterocycles. The number of anilines is 1. The van der Waals surface area contributed by atoms with Crippen LogP contribution in [0.4, 0.5) is 11.4 Å². The highest BCUT2D eigenvalue weighted by Crippen LogP contribution is 2.20. The highest BCUT2D eigenvalue weighted by molar-refractivity contribution is 7.89. The molecular formula is C17H19N3O6S. The van der Waals surface area contributed by atoms with Gasteiger partial charge in [0.1, 0.15) is 5.75 Å². The number of non-ortho nitro benzene ring substituents is 1. The van der Waals surface area contributed by atoms with Crippen molar-refractivity contribution in [3.63, 3.8) is 0 Å². The zero-order valence-electron chi connectivity index (χ0n) is 14.9. The predicted octanol–water partition coefficient (Wildman–Crippen LogP) is 2.25. The Morgan fingerprint density at radius 1 is 1.19 bits per heavy atom. The maximum Gasteiger partial charge on any atom is 0.269 e. The Bertz CT molecular complexity index is 941. The monoisotopic (exact) mass is 393 g/mol. The second-order valence-corrected chi connectivity index (χ2v) is 7.97. The van der Waals surface area contributed by atoms with Gasteiger partial charge in [0, 0.05) is 31.9 Å². The van der Waals surface area contributed by atoms with Crippen molar-refractivity contribution in [2.75, 3.05) is 19.4 Å². The Kier molecular flexibility index (Phi) is 6.13. The molecule has 27 heavy (non-hydrogen) atoms. The Labute approximate surface area is 156 Å². The van der Waals surface area contributed by atoms with Gasteiger partial charge in [0.05, 0.1) is 9.82 Å². The van der Waals surface area contributed by atoms with Gasteiger partial charge in [0.2, 0.25) is 10.0 Å². The molecule has 9 nitrogen and oxygen atoms in total. The molecule has 0 saturated heterocycles. The first-order valence-corrected chi connectivity index (χ1v) is 9.30. The summed E-state index contributed by atoms with van der Waals surface area (Å²) in [7, 11) is -0.785. The third-order valence-corrected chi connectivity index (χ3v) is 5.42. The number of hydrogen-bond donors (Lipinski definition) is 1. The van der Waals surface area contributed by atoms with Gasteiger partial charge in [0.25, 0.3) is 11.6 Å². The van der Waals surface area contributed by atoms with Gasteiger partial charge in [-0.15, -0.1) is 0 Å². The average molecular weight is 393 g/mol. The van der Waals surface area contributed by atoms with Crippen molar-refractivity contribution in [2.45, 2.75) is 17.9 Å². The summed E-state index contributed by atoms with van der Waals surface area (Å²) in [5, 5.41) is 13.2. The second-order valence-electron chi connectivity index (χ2n) is 5.82. The van der Waals surface area contributed by atoms with Crippen molar-refractivity contribution < 1.29 is 22.9 Å². The lowest BCUT2D eigenvalue weighted by atomic mass is 10.3. The van der Waals surface area contributed by atoms with E-state index >= 15 is 0 Å². The van der Waals surface area contributed by atoms with Crippen molar-refractivity contribution in [3.05, 3.63) is 58.6 Å². The fraction of sp³-hybridized carbons (Fsp3) is 0.235. The number of benzene rings is 2. The molecule has 144 valence electrons.